The summed E-state index contributed by atoms with van der Waals surface area (Å²) in [6, 6.07) is 11.6. The predicted molar refractivity (Wildman–Crippen MR) is 111 cm³/mol. The van der Waals surface area contributed by atoms with Gasteiger partial charge in [0, 0.05) is 29.0 Å². The average Bonchev–Trinajstić information content (AvgIpc) is 3.27. The third kappa shape index (κ3) is 3.75. The van der Waals surface area contributed by atoms with E-state index in [2.05, 4.69) is 15.3 Å². The summed E-state index contributed by atoms with van der Waals surface area (Å²) in [7, 11) is 0. The molecule has 0 saturated carbocycles. The van der Waals surface area contributed by atoms with Crippen LogP contribution in [-0.4, -0.2) is 26.9 Å². The van der Waals surface area contributed by atoms with Crippen molar-refractivity contribution in [3.63, 3.8) is 0 Å². The second-order valence-corrected chi connectivity index (χ2v) is 7.19. The molecule has 0 fully saturated rings. The third-order valence-electron chi connectivity index (χ3n) is 4.35. The van der Waals surface area contributed by atoms with E-state index in [0.29, 0.717) is 12.4 Å². The maximum absolute atomic E-state index is 12.5. The standard InChI is InChI=1S/C21H20N4O2S/c1-3-27-17-8-6-15(7-9-17)18-12-25-16(13-28-21(25)23-18)11-19(26)24-20-14(2)5-4-10-22-20/h4-10,12-13H,3,11H2,1-2H3,(H,22,24,26). The summed E-state index contributed by atoms with van der Waals surface area (Å²) in [5.41, 5.74) is 3.72. The minimum Gasteiger partial charge on any atom is -0.494 e. The highest BCUT2D eigenvalue weighted by Gasteiger charge is 2.13. The molecular formula is C21H20N4O2S. The van der Waals surface area contributed by atoms with E-state index in [1.165, 1.54) is 11.3 Å². The predicted octanol–water partition coefficient (Wildman–Crippen LogP) is 4.35. The lowest BCUT2D eigenvalue weighted by molar-refractivity contribution is -0.115. The molecule has 0 saturated heterocycles. The van der Waals surface area contributed by atoms with Gasteiger partial charge in [-0.2, -0.15) is 0 Å². The zero-order valence-electron chi connectivity index (χ0n) is 15.7. The first kappa shape index (κ1) is 18.2. The van der Waals surface area contributed by atoms with E-state index in [0.717, 1.165) is 33.2 Å². The van der Waals surface area contributed by atoms with Crippen molar-refractivity contribution in [1.29, 1.82) is 0 Å². The molecule has 0 aliphatic carbocycles. The molecule has 0 aliphatic rings. The summed E-state index contributed by atoms with van der Waals surface area (Å²) in [5.74, 6) is 1.34. The number of thiazole rings is 1. The van der Waals surface area contributed by atoms with Crippen LogP contribution in [-0.2, 0) is 11.2 Å². The van der Waals surface area contributed by atoms with Crippen LogP contribution in [0.25, 0.3) is 16.2 Å². The van der Waals surface area contributed by atoms with E-state index in [1.54, 1.807) is 6.20 Å². The van der Waals surface area contributed by atoms with Crippen LogP contribution < -0.4 is 10.1 Å². The molecule has 0 atom stereocenters. The number of pyridine rings is 1. The summed E-state index contributed by atoms with van der Waals surface area (Å²) in [6.45, 7) is 4.53. The van der Waals surface area contributed by atoms with Gasteiger partial charge in [-0.15, -0.1) is 11.3 Å². The van der Waals surface area contributed by atoms with Crippen molar-refractivity contribution in [2.24, 2.45) is 0 Å². The molecule has 1 aromatic carbocycles. The second-order valence-electron chi connectivity index (χ2n) is 6.36. The van der Waals surface area contributed by atoms with E-state index >= 15 is 0 Å². The number of carbonyl (C=O) groups is 1. The quantitative estimate of drug-likeness (QED) is 0.530. The Morgan fingerprint density at radius 2 is 2.07 bits per heavy atom. The number of anilines is 1. The molecule has 0 aliphatic heterocycles. The molecule has 28 heavy (non-hydrogen) atoms. The lowest BCUT2D eigenvalue weighted by Crippen LogP contribution is -2.16. The summed E-state index contributed by atoms with van der Waals surface area (Å²) < 4.78 is 7.46. The van der Waals surface area contributed by atoms with Gasteiger partial charge in [-0.1, -0.05) is 6.07 Å². The topological polar surface area (TPSA) is 68.5 Å². The Hall–Kier alpha value is -3.19. The first-order valence-electron chi connectivity index (χ1n) is 9.04. The number of nitrogens with zero attached hydrogens (tertiary/aromatic N) is 3. The zero-order chi connectivity index (χ0) is 19.5. The van der Waals surface area contributed by atoms with Gasteiger partial charge < -0.3 is 10.1 Å². The summed E-state index contributed by atoms with van der Waals surface area (Å²) in [4.78, 5) is 22.2. The fourth-order valence-corrected chi connectivity index (χ4v) is 3.81. The van der Waals surface area contributed by atoms with E-state index in [9.17, 15) is 4.79 Å². The SMILES string of the molecule is CCOc1ccc(-c2cn3c(CC(=O)Nc4ncccc4C)csc3n2)cc1. The van der Waals surface area contributed by atoms with E-state index in [4.69, 9.17) is 4.74 Å². The molecule has 4 aromatic rings. The first-order chi connectivity index (χ1) is 13.6. The molecule has 0 spiro atoms. The van der Waals surface area contributed by atoms with Crippen molar-refractivity contribution < 1.29 is 9.53 Å². The number of nitrogens with one attached hydrogen (secondary N) is 1. The number of hydrogen-bond acceptors (Lipinski definition) is 5. The van der Waals surface area contributed by atoms with Crippen molar-refractivity contribution in [3.05, 3.63) is 65.4 Å². The minimum atomic E-state index is -0.0992. The van der Waals surface area contributed by atoms with Crippen LogP contribution in [0.2, 0.25) is 0 Å². The number of fused-ring (bicyclic) bond motifs is 1. The van der Waals surface area contributed by atoms with Gasteiger partial charge >= 0.3 is 0 Å². The van der Waals surface area contributed by atoms with Crippen LogP contribution in [0.4, 0.5) is 5.82 Å². The molecule has 3 heterocycles. The Bertz CT molecular complexity index is 1120. The summed E-state index contributed by atoms with van der Waals surface area (Å²) in [5, 5.41) is 4.84. The molecule has 1 N–H and O–H groups in total. The smallest absolute Gasteiger partial charge is 0.231 e. The number of carbonyl (C=O) groups excluding carboxylic acids is 1. The maximum atomic E-state index is 12.5. The average molecular weight is 392 g/mol. The largest absolute Gasteiger partial charge is 0.494 e. The lowest BCUT2D eigenvalue weighted by atomic mass is 10.1. The lowest BCUT2D eigenvalue weighted by Gasteiger charge is -2.06. The highest BCUT2D eigenvalue weighted by molar-refractivity contribution is 7.15. The first-order valence-corrected chi connectivity index (χ1v) is 9.92. The molecule has 3 aromatic heterocycles. The minimum absolute atomic E-state index is 0.0992. The van der Waals surface area contributed by atoms with Gasteiger partial charge in [-0.05, 0) is 49.7 Å². The van der Waals surface area contributed by atoms with Gasteiger partial charge in [0.1, 0.15) is 11.6 Å². The molecular weight excluding hydrogens is 372 g/mol. The van der Waals surface area contributed by atoms with Crippen LogP contribution in [0.15, 0.2) is 54.2 Å². The molecule has 0 unspecified atom stereocenters. The van der Waals surface area contributed by atoms with Crippen LogP contribution in [0.3, 0.4) is 0 Å². The van der Waals surface area contributed by atoms with Gasteiger partial charge in [0.15, 0.2) is 4.96 Å². The van der Waals surface area contributed by atoms with Crippen molar-refractivity contribution in [2.75, 3.05) is 11.9 Å². The zero-order valence-corrected chi connectivity index (χ0v) is 16.5. The molecule has 6 nitrogen and oxygen atoms in total. The molecule has 0 bridgehead atoms. The van der Waals surface area contributed by atoms with E-state index < -0.39 is 0 Å². The molecule has 7 heteroatoms. The van der Waals surface area contributed by atoms with Gasteiger partial charge in [0.05, 0.1) is 18.7 Å². The Morgan fingerprint density at radius 1 is 1.25 bits per heavy atom. The normalized spacial score (nSPS) is 10.9. The monoisotopic (exact) mass is 392 g/mol. The fraction of sp³-hybridized carbons (Fsp3) is 0.190. The maximum Gasteiger partial charge on any atom is 0.231 e. The Labute approximate surface area is 166 Å². The van der Waals surface area contributed by atoms with Crippen molar-refractivity contribution in [3.8, 4) is 17.0 Å². The van der Waals surface area contributed by atoms with Crippen LogP contribution in [0.1, 0.15) is 18.2 Å². The Kier molecular flexibility index (Phi) is 5.08. The summed E-state index contributed by atoms with van der Waals surface area (Å²) in [6.07, 6.45) is 3.90. The highest BCUT2D eigenvalue weighted by atomic mass is 32.1. The molecule has 4 rings (SSSR count). The highest BCUT2D eigenvalue weighted by Crippen LogP contribution is 2.25. The molecule has 0 radical (unpaired) electrons. The van der Waals surface area contributed by atoms with Crippen molar-refractivity contribution >= 4 is 28.0 Å². The van der Waals surface area contributed by atoms with E-state index in [1.807, 2.05) is 66.2 Å². The number of hydrogen-bond donors (Lipinski definition) is 1. The fourth-order valence-electron chi connectivity index (χ4n) is 2.94. The van der Waals surface area contributed by atoms with Crippen LogP contribution in [0.5, 0.6) is 5.75 Å². The second kappa shape index (κ2) is 7.82. The number of benzene rings is 1. The molecule has 142 valence electrons. The third-order valence-corrected chi connectivity index (χ3v) is 5.24. The van der Waals surface area contributed by atoms with Gasteiger partial charge in [-0.3, -0.25) is 9.20 Å². The number of aromatic nitrogens is 3. The Balaban J connectivity index is 1.53. The molecule has 1 amide bonds. The number of imidazole rings is 1. The number of aryl methyl sites for hydroxylation is 1. The number of amides is 1. The van der Waals surface area contributed by atoms with Crippen LogP contribution >= 0.6 is 11.3 Å². The summed E-state index contributed by atoms with van der Waals surface area (Å²) >= 11 is 1.52. The number of ether oxygens (including phenoxy) is 1. The van der Waals surface area contributed by atoms with Gasteiger partial charge in [-0.25, -0.2) is 9.97 Å². The van der Waals surface area contributed by atoms with Crippen LogP contribution in [0, 0.1) is 6.92 Å². The van der Waals surface area contributed by atoms with Crippen molar-refractivity contribution in [2.45, 2.75) is 20.3 Å². The van der Waals surface area contributed by atoms with Crippen molar-refractivity contribution in [1.82, 2.24) is 14.4 Å². The van der Waals surface area contributed by atoms with Gasteiger partial charge in [0.25, 0.3) is 0 Å². The Morgan fingerprint density at radius 3 is 2.82 bits per heavy atom. The van der Waals surface area contributed by atoms with E-state index in [-0.39, 0.29) is 12.3 Å². The van der Waals surface area contributed by atoms with Gasteiger partial charge in [0.2, 0.25) is 5.91 Å². The number of rotatable bonds is 6.